The Hall–Kier alpha value is -2.31. The number of carboxylic acids is 1. The Morgan fingerprint density at radius 3 is 2.83 bits per heavy atom. The largest absolute Gasteiger partial charge is 0.479 e. The van der Waals surface area contributed by atoms with E-state index in [0.29, 0.717) is 12.1 Å². The first-order valence-corrected chi connectivity index (χ1v) is 5.29. The van der Waals surface area contributed by atoms with Gasteiger partial charge in [0.1, 0.15) is 0 Å². The van der Waals surface area contributed by atoms with E-state index in [1.54, 1.807) is 26.4 Å². The summed E-state index contributed by atoms with van der Waals surface area (Å²) in [6, 6.07) is -1.59. The Morgan fingerprint density at radius 2 is 2.39 bits per heavy atom. The summed E-state index contributed by atoms with van der Waals surface area (Å²) in [6.07, 6.45) is 4.51. The lowest BCUT2D eigenvalue weighted by molar-refractivity contribution is -0.139. The fourth-order valence-corrected chi connectivity index (χ4v) is 1.39. The summed E-state index contributed by atoms with van der Waals surface area (Å²) in [4.78, 5) is 24.2. The molecular formula is C11H16N4O3. The van der Waals surface area contributed by atoms with E-state index in [0.717, 1.165) is 0 Å². The summed E-state index contributed by atoms with van der Waals surface area (Å²) in [7, 11) is 3.23. The maximum absolute atomic E-state index is 11.7. The summed E-state index contributed by atoms with van der Waals surface area (Å²) < 4.78 is 1.48. The van der Waals surface area contributed by atoms with Gasteiger partial charge >= 0.3 is 12.0 Å². The van der Waals surface area contributed by atoms with Crippen molar-refractivity contribution in [2.45, 2.75) is 6.04 Å². The molecule has 1 aromatic rings. The first kappa shape index (κ1) is 13.8. The van der Waals surface area contributed by atoms with Crippen LogP contribution in [0.3, 0.4) is 0 Å². The lowest BCUT2D eigenvalue weighted by Gasteiger charge is -2.19. The number of amides is 2. The highest BCUT2D eigenvalue weighted by atomic mass is 16.4. The van der Waals surface area contributed by atoms with Crippen LogP contribution in [0.4, 0.5) is 4.79 Å². The summed E-state index contributed by atoms with van der Waals surface area (Å²) in [6.45, 7) is 3.85. The Bertz CT molecular complexity index is 455. The SMILES string of the molecule is C=CCN(C)C(=O)NC(C(=O)O)c1cnn(C)c1. The molecule has 18 heavy (non-hydrogen) atoms. The molecule has 1 rings (SSSR count). The zero-order valence-corrected chi connectivity index (χ0v) is 10.3. The second kappa shape index (κ2) is 5.85. The van der Waals surface area contributed by atoms with Crippen molar-refractivity contribution in [1.82, 2.24) is 20.0 Å². The minimum atomic E-state index is -1.14. The van der Waals surface area contributed by atoms with Crippen LogP contribution >= 0.6 is 0 Å². The van der Waals surface area contributed by atoms with Crippen molar-refractivity contribution >= 4 is 12.0 Å². The number of carbonyl (C=O) groups excluding carboxylic acids is 1. The molecular weight excluding hydrogens is 236 g/mol. The molecule has 1 unspecified atom stereocenters. The van der Waals surface area contributed by atoms with Crippen molar-refractivity contribution in [1.29, 1.82) is 0 Å². The minimum absolute atomic E-state index is 0.339. The van der Waals surface area contributed by atoms with Gasteiger partial charge in [-0.3, -0.25) is 4.68 Å². The predicted octanol–water partition coefficient (Wildman–Crippen LogP) is 0.373. The van der Waals surface area contributed by atoms with Gasteiger partial charge in [-0.1, -0.05) is 6.08 Å². The fourth-order valence-electron chi connectivity index (χ4n) is 1.39. The number of hydrogen-bond acceptors (Lipinski definition) is 3. The van der Waals surface area contributed by atoms with E-state index in [1.165, 1.54) is 15.8 Å². The molecule has 1 heterocycles. The number of carbonyl (C=O) groups is 2. The predicted molar refractivity (Wildman–Crippen MR) is 64.9 cm³/mol. The summed E-state index contributed by atoms with van der Waals surface area (Å²) in [5, 5.41) is 15.4. The average Bonchev–Trinajstić information content (AvgIpc) is 2.72. The Morgan fingerprint density at radius 1 is 1.72 bits per heavy atom. The third kappa shape index (κ3) is 3.34. The zero-order valence-electron chi connectivity index (χ0n) is 10.3. The molecule has 0 radical (unpaired) electrons. The van der Waals surface area contributed by atoms with Crippen LogP contribution in [-0.4, -0.2) is 45.4 Å². The van der Waals surface area contributed by atoms with Crippen LogP contribution in [0.2, 0.25) is 0 Å². The molecule has 0 aliphatic heterocycles. The van der Waals surface area contributed by atoms with Gasteiger partial charge in [-0.05, 0) is 0 Å². The van der Waals surface area contributed by atoms with Gasteiger partial charge in [-0.2, -0.15) is 5.10 Å². The lowest BCUT2D eigenvalue weighted by atomic mass is 10.1. The molecule has 0 saturated carbocycles. The van der Waals surface area contributed by atoms with E-state index in [-0.39, 0.29) is 0 Å². The van der Waals surface area contributed by atoms with E-state index < -0.39 is 18.0 Å². The third-order valence-electron chi connectivity index (χ3n) is 2.32. The van der Waals surface area contributed by atoms with E-state index in [9.17, 15) is 9.59 Å². The fraction of sp³-hybridized carbons (Fsp3) is 0.364. The smallest absolute Gasteiger partial charge is 0.331 e. The molecule has 1 aromatic heterocycles. The standard InChI is InChI=1S/C11H16N4O3/c1-4-5-14(2)11(18)13-9(10(16)17)8-6-12-15(3)7-8/h4,6-7,9H,1,5H2,2-3H3,(H,13,18)(H,16,17). The highest BCUT2D eigenvalue weighted by Gasteiger charge is 2.24. The minimum Gasteiger partial charge on any atom is -0.479 e. The summed E-state index contributed by atoms with van der Waals surface area (Å²) in [5.74, 6) is -1.14. The van der Waals surface area contributed by atoms with Gasteiger partial charge in [-0.25, -0.2) is 9.59 Å². The van der Waals surface area contributed by atoms with Crippen LogP contribution in [0.25, 0.3) is 0 Å². The van der Waals surface area contributed by atoms with Crippen molar-refractivity contribution in [3.05, 3.63) is 30.6 Å². The monoisotopic (exact) mass is 252 g/mol. The number of likely N-dealkylation sites (N-methyl/N-ethyl adjacent to an activating group) is 1. The first-order chi connectivity index (χ1) is 8.45. The molecule has 98 valence electrons. The molecule has 7 nitrogen and oxygen atoms in total. The Labute approximate surface area is 105 Å². The second-order valence-electron chi connectivity index (χ2n) is 3.84. The molecule has 0 fully saturated rings. The van der Waals surface area contributed by atoms with Gasteiger partial charge in [0.25, 0.3) is 0 Å². The van der Waals surface area contributed by atoms with Gasteiger partial charge in [0.15, 0.2) is 6.04 Å². The van der Waals surface area contributed by atoms with Crippen molar-refractivity contribution < 1.29 is 14.7 Å². The summed E-state index contributed by atoms with van der Waals surface area (Å²) in [5.41, 5.74) is 0.422. The highest BCUT2D eigenvalue weighted by Crippen LogP contribution is 2.12. The Kier molecular flexibility index (Phi) is 4.47. The number of aromatic nitrogens is 2. The van der Waals surface area contributed by atoms with Crippen LogP contribution in [-0.2, 0) is 11.8 Å². The van der Waals surface area contributed by atoms with E-state index in [2.05, 4.69) is 17.0 Å². The molecule has 0 bridgehead atoms. The molecule has 0 aromatic carbocycles. The molecule has 2 amide bonds. The van der Waals surface area contributed by atoms with E-state index in [4.69, 9.17) is 5.11 Å². The normalized spacial score (nSPS) is 11.7. The molecule has 0 aliphatic rings. The number of nitrogens with zero attached hydrogens (tertiary/aromatic N) is 3. The van der Waals surface area contributed by atoms with Crippen molar-refractivity contribution in [3.8, 4) is 0 Å². The maximum atomic E-state index is 11.7. The molecule has 0 saturated heterocycles. The van der Waals surface area contributed by atoms with Crippen LogP contribution in [0.1, 0.15) is 11.6 Å². The number of rotatable bonds is 5. The van der Waals surface area contributed by atoms with Gasteiger partial charge in [0.05, 0.1) is 6.20 Å². The second-order valence-corrected chi connectivity index (χ2v) is 3.84. The first-order valence-electron chi connectivity index (χ1n) is 5.29. The quantitative estimate of drug-likeness (QED) is 0.741. The lowest BCUT2D eigenvalue weighted by Crippen LogP contribution is -2.41. The zero-order chi connectivity index (χ0) is 13.7. The van der Waals surface area contributed by atoms with Gasteiger partial charge in [-0.15, -0.1) is 6.58 Å². The molecule has 0 spiro atoms. The van der Waals surface area contributed by atoms with Crippen molar-refractivity contribution in [3.63, 3.8) is 0 Å². The van der Waals surface area contributed by atoms with Crippen LogP contribution < -0.4 is 5.32 Å². The highest BCUT2D eigenvalue weighted by molar-refractivity contribution is 5.83. The van der Waals surface area contributed by atoms with Crippen LogP contribution in [0.15, 0.2) is 25.0 Å². The number of carboxylic acid groups (broad SMARTS) is 1. The topological polar surface area (TPSA) is 87.5 Å². The maximum Gasteiger partial charge on any atom is 0.331 e. The van der Waals surface area contributed by atoms with Crippen LogP contribution in [0, 0.1) is 0 Å². The average molecular weight is 252 g/mol. The van der Waals surface area contributed by atoms with Crippen molar-refractivity contribution in [2.24, 2.45) is 7.05 Å². The number of aryl methyl sites for hydroxylation is 1. The van der Waals surface area contributed by atoms with Crippen LogP contribution in [0.5, 0.6) is 0 Å². The molecule has 2 N–H and O–H groups in total. The van der Waals surface area contributed by atoms with Gasteiger partial charge < -0.3 is 15.3 Å². The number of hydrogen-bond donors (Lipinski definition) is 2. The number of urea groups is 1. The van der Waals surface area contributed by atoms with Gasteiger partial charge in [0.2, 0.25) is 0 Å². The summed E-state index contributed by atoms with van der Waals surface area (Å²) >= 11 is 0. The van der Waals surface area contributed by atoms with E-state index in [1.807, 2.05) is 0 Å². The molecule has 0 aliphatic carbocycles. The van der Waals surface area contributed by atoms with Gasteiger partial charge in [0, 0.05) is 32.4 Å². The van der Waals surface area contributed by atoms with Crippen molar-refractivity contribution in [2.75, 3.05) is 13.6 Å². The number of aliphatic carboxylic acids is 1. The molecule has 1 atom stereocenters. The Balaban J connectivity index is 2.79. The number of nitrogens with one attached hydrogen (secondary N) is 1. The molecule has 7 heteroatoms. The third-order valence-corrected chi connectivity index (χ3v) is 2.32. The van der Waals surface area contributed by atoms with E-state index >= 15 is 0 Å².